The van der Waals surface area contributed by atoms with E-state index in [1.54, 1.807) is 26.2 Å². The standard InChI is InChI=1S/C18H26N2O4S/c1-12(2)15-10-17(13(3)9-16(15)24-4)25(22,23)19-7-8-20(14-5-6-14)18(21)11-19/h9-10,12,14H,5-8,11H2,1-4H3. The van der Waals surface area contributed by atoms with E-state index in [0.717, 1.165) is 18.4 Å². The summed E-state index contributed by atoms with van der Waals surface area (Å²) in [5.74, 6) is 0.742. The second-order valence-corrected chi connectivity index (χ2v) is 9.08. The number of sulfonamides is 1. The summed E-state index contributed by atoms with van der Waals surface area (Å²) < 4.78 is 33.0. The largest absolute Gasteiger partial charge is 0.496 e. The second kappa shape index (κ2) is 6.61. The van der Waals surface area contributed by atoms with Gasteiger partial charge in [-0.1, -0.05) is 13.8 Å². The first-order valence-electron chi connectivity index (χ1n) is 8.74. The SMILES string of the molecule is COc1cc(C)c(S(=O)(=O)N2CCN(C3CC3)C(=O)C2)cc1C(C)C. The predicted octanol–water partition coefficient (Wildman–Crippen LogP) is 2.12. The fourth-order valence-electron chi connectivity index (χ4n) is 3.36. The topological polar surface area (TPSA) is 66.9 Å². The maximum atomic E-state index is 13.1. The Labute approximate surface area is 149 Å². The zero-order chi connectivity index (χ0) is 18.4. The van der Waals surface area contributed by atoms with Crippen molar-refractivity contribution in [3.05, 3.63) is 23.3 Å². The van der Waals surface area contributed by atoms with Crippen LogP contribution < -0.4 is 4.74 Å². The maximum Gasteiger partial charge on any atom is 0.243 e. The van der Waals surface area contributed by atoms with Gasteiger partial charge in [0.1, 0.15) is 5.75 Å². The highest BCUT2D eigenvalue weighted by Gasteiger charge is 2.39. The molecule has 0 aromatic heterocycles. The van der Waals surface area contributed by atoms with Crippen molar-refractivity contribution in [2.75, 3.05) is 26.7 Å². The number of amides is 1. The summed E-state index contributed by atoms with van der Waals surface area (Å²) in [6.45, 7) is 6.54. The molecule has 138 valence electrons. The highest BCUT2D eigenvalue weighted by atomic mass is 32.2. The highest BCUT2D eigenvalue weighted by Crippen LogP contribution is 2.34. The lowest BCUT2D eigenvalue weighted by molar-refractivity contribution is -0.134. The number of aryl methyl sites for hydroxylation is 1. The van der Waals surface area contributed by atoms with Gasteiger partial charge in [0.25, 0.3) is 0 Å². The summed E-state index contributed by atoms with van der Waals surface area (Å²) in [7, 11) is -2.12. The lowest BCUT2D eigenvalue weighted by Gasteiger charge is -2.34. The maximum absolute atomic E-state index is 13.1. The number of rotatable bonds is 5. The molecule has 1 amide bonds. The fraction of sp³-hybridized carbons (Fsp3) is 0.611. The van der Waals surface area contributed by atoms with E-state index in [4.69, 9.17) is 4.74 Å². The molecule has 0 N–H and O–H groups in total. The van der Waals surface area contributed by atoms with Crippen LogP contribution >= 0.6 is 0 Å². The van der Waals surface area contributed by atoms with Crippen LogP contribution in [0.3, 0.4) is 0 Å². The van der Waals surface area contributed by atoms with Crippen molar-refractivity contribution in [3.8, 4) is 5.75 Å². The summed E-state index contributed by atoms with van der Waals surface area (Å²) in [5.41, 5.74) is 1.49. The van der Waals surface area contributed by atoms with Crippen LogP contribution in [-0.2, 0) is 14.8 Å². The number of hydrogen-bond acceptors (Lipinski definition) is 4. The van der Waals surface area contributed by atoms with Gasteiger partial charge in [-0.05, 0) is 48.9 Å². The second-order valence-electron chi connectivity index (χ2n) is 7.17. The molecule has 0 atom stereocenters. The van der Waals surface area contributed by atoms with Crippen molar-refractivity contribution in [2.24, 2.45) is 0 Å². The number of nitrogens with zero attached hydrogens (tertiary/aromatic N) is 2. The predicted molar refractivity (Wildman–Crippen MR) is 95.3 cm³/mol. The van der Waals surface area contributed by atoms with E-state index in [0.29, 0.717) is 30.4 Å². The van der Waals surface area contributed by atoms with Gasteiger partial charge in [0.2, 0.25) is 15.9 Å². The van der Waals surface area contributed by atoms with E-state index in [9.17, 15) is 13.2 Å². The molecule has 25 heavy (non-hydrogen) atoms. The lowest BCUT2D eigenvalue weighted by Crippen LogP contribution is -2.52. The molecule has 0 radical (unpaired) electrons. The molecule has 1 aliphatic heterocycles. The molecule has 1 saturated heterocycles. The Morgan fingerprint density at radius 1 is 1.20 bits per heavy atom. The van der Waals surface area contributed by atoms with Crippen molar-refractivity contribution in [1.29, 1.82) is 0 Å². The molecule has 1 aromatic carbocycles. The first-order valence-corrected chi connectivity index (χ1v) is 10.2. The number of carbonyl (C=O) groups excluding carboxylic acids is 1. The van der Waals surface area contributed by atoms with Gasteiger partial charge in [0, 0.05) is 19.1 Å². The molecular weight excluding hydrogens is 340 g/mol. The van der Waals surface area contributed by atoms with E-state index in [2.05, 4.69) is 0 Å². The minimum atomic E-state index is -3.71. The molecule has 2 fully saturated rings. The molecule has 1 saturated carbocycles. The van der Waals surface area contributed by atoms with Gasteiger partial charge >= 0.3 is 0 Å². The normalized spacial score (nSPS) is 19.6. The Hall–Kier alpha value is -1.60. The van der Waals surface area contributed by atoms with Gasteiger partial charge < -0.3 is 9.64 Å². The van der Waals surface area contributed by atoms with Crippen LogP contribution in [0.25, 0.3) is 0 Å². The van der Waals surface area contributed by atoms with E-state index in [1.807, 2.05) is 18.7 Å². The molecule has 2 aliphatic rings. The molecule has 6 nitrogen and oxygen atoms in total. The molecule has 1 aliphatic carbocycles. The third kappa shape index (κ3) is 3.40. The van der Waals surface area contributed by atoms with Crippen LogP contribution in [0.4, 0.5) is 0 Å². The van der Waals surface area contributed by atoms with Crippen molar-refractivity contribution in [2.45, 2.75) is 50.5 Å². The summed E-state index contributed by atoms with van der Waals surface area (Å²) in [5, 5.41) is 0. The molecular formula is C18H26N2O4S. The van der Waals surface area contributed by atoms with Crippen LogP contribution in [0.1, 0.15) is 43.7 Å². The number of carbonyl (C=O) groups is 1. The Bertz CT molecular complexity index is 785. The minimum absolute atomic E-state index is 0.0681. The van der Waals surface area contributed by atoms with Crippen LogP contribution in [0.2, 0.25) is 0 Å². The van der Waals surface area contributed by atoms with Gasteiger partial charge in [0.15, 0.2) is 0 Å². The number of piperazine rings is 1. The third-order valence-corrected chi connectivity index (χ3v) is 6.96. The molecule has 3 rings (SSSR count). The highest BCUT2D eigenvalue weighted by molar-refractivity contribution is 7.89. The van der Waals surface area contributed by atoms with Crippen molar-refractivity contribution < 1.29 is 17.9 Å². The molecule has 0 bridgehead atoms. The van der Waals surface area contributed by atoms with E-state index in [1.165, 1.54) is 4.31 Å². The summed E-state index contributed by atoms with van der Waals surface area (Å²) >= 11 is 0. The molecule has 1 heterocycles. The smallest absolute Gasteiger partial charge is 0.243 e. The first kappa shape index (κ1) is 18.2. The number of hydrogen-bond donors (Lipinski definition) is 0. The number of ether oxygens (including phenoxy) is 1. The van der Waals surface area contributed by atoms with Crippen molar-refractivity contribution in [3.63, 3.8) is 0 Å². The Morgan fingerprint density at radius 2 is 1.88 bits per heavy atom. The van der Waals surface area contributed by atoms with Gasteiger partial charge in [-0.3, -0.25) is 4.79 Å². The number of methoxy groups -OCH3 is 1. The van der Waals surface area contributed by atoms with Gasteiger partial charge in [0.05, 0.1) is 18.6 Å². The minimum Gasteiger partial charge on any atom is -0.496 e. The monoisotopic (exact) mass is 366 g/mol. The van der Waals surface area contributed by atoms with E-state index in [-0.39, 0.29) is 23.3 Å². The Balaban J connectivity index is 1.92. The van der Waals surface area contributed by atoms with E-state index >= 15 is 0 Å². The third-order valence-electron chi connectivity index (χ3n) is 4.98. The number of benzene rings is 1. The average molecular weight is 366 g/mol. The van der Waals surface area contributed by atoms with Crippen LogP contribution in [-0.4, -0.2) is 56.3 Å². The van der Waals surface area contributed by atoms with Crippen LogP contribution in [0, 0.1) is 6.92 Å². The molecule has 0 spiro atoms. The summed E-state index contributed by atoms with van der Waals surface area (Å²) in [6.07, 6.45) is 2.07. The molecule has 1 aromatic rings. The summed E-state index contributed by atoms with van der Waals surface area (Å²) in [4.78, 5) is 14.4. The lowest BCUT2D eigenvalue weighted by atomic mass is 10.0. The van der Waals surface area contributed by atoms with E-state index < -0.39 is 10.0 Å². The van der Waals surface area contributed by atoms with Gasteiger partial charge in [-0.25, -0.2) is 8.42 Å². The molecule has 0 unspecified atom stereocenters. The Morgan fingerprint density at radius 3 is 2.40 bits per heavy atom. The zero-order valence-electron chi connectivity index (χ0n) is 15.3. The van der Waals surface area contributed by atoms with Gasteiger partial charge in [-0.2, -0.15) is 4.31 Å². The average Bonchev–Trinajstić information content (AvgIpc) is 3.38. The molecule has 7 heteroatoms. The van der Waals surface area contributed by atoms with Crippen LogP contribution in [0.15, 0.2) is 17.0 Å². The zero-order valence-corrected chi connectivity index (χ0v) is 16.1. The fourth-order valence-corrected chi connectivity index (χ4v) is 4.99. The van der Waals surface area contributed by atoms with Crippen LogP contribution in [0.5, 0.6) is 5.75 Å². The van der Waals surface area contributed by atoms with Crippen molar-refractivity contribution in [1.82, 2.24) is 9.21 Å². The Kier molecular flexibility index (Phi) is 4.81. The first-order chi connectivity index (χ1) is 11.8. The van der Waals surface area contributed by atoms with Gasteiger partial charge in [-0.15, -0.1) is 0 Å². The van der Waals surface area contributed by atoms with Crippen molar-refractivity contribution >= 4 is 15.9 Å². The quantitative estimate of drug-likeness (QED) is 0.801. The summed E-state index contributed by atoms with van der Waals surface area (Å²) in [6, 6.07) is 3.80.